The first kappa shape index (κ1) is 18.3. The van der Waals surface area contributed by atoms with E-state index in [1.807, 2.05) is 0 Å². The van der Waals surface area contributed by atoms with Crippen molar-refractivity contribution in [3.05, 3.63) is 83.4 Å². The maximum atomic E-state index is 2.45. The Kier molecular flexibility index (Phi) is 8.10. The zero-order chi connectivity index (χ0) is 17.0. The summed E-state index contributed by atoms with van der Waals surface area (Å²) in [5.41, 5.74) is 5.51. The van der Waals surface area contributed by atoms with Gasteiger partial charge in [0.05, 0.1) is 0 Å². The van der Waals surface area contributed by atoms with Crippen LogP contribution in [0, 0.1) is 0 Å². The predicted molar refractivity (Wildman–Crippen MR) is 108 cm³/mol. The van der Waals surface area contributed by atoms with Crippen LogP contribution >= 0.6 is 0 Å². The zero-order valence-electron chi connectivity index (χ0n) is 15.2. The Morgan fingerprint density at radius 2 is 1.42 bits per heavy atom. The maximum absolute atomic E-state index is 2.45. The normalized spacial score (nSPS) is 12.4. The second kappa shape index (κ2) is 10.6. The first-order valence-corrected chi connectivity index (χ1v) is 9.36. The molecule has 2 rings (SSSR count). The lowest BCUT2D eigenvalue weighted by atomic mass is 9.91. The van der Waals surface area contributed by atoms with Crippen molar-refractivity contribution in [3.63, 3.8) is 0 Å². The second-order valence-electron chi connectivity index (χ2n) is 6.31. The Morgan fingerprint density at radius 3 is 2.04 bits per heavy atom. The van der Waals surface area contributed by atoms with Gasteiger partial charge in [0.15, 0.2) is 0 Å². The molecule has 24 heavy (non-hydrogen) atoms. The number of hydrogen-bond donors (Lipinski definition) is 0. The molecule has 0 aliphatic rings. The van der Waals surface area contributed by atoms with Crippen LogP contribution < -0.4 is 0 Å². The molecular weight excluding hydrogens is 288 g/mol. The molecule has 0 N–H and O–H groups in total. The largest absolute Gasteiger partial charge is 0.0764 e. The van der Waals surface area contributed by atoms with E-state index in [1.54, 1.807) is 0 Å². The highest BCUT2D eigenvalue weighted by Gasteiger charge is 2.08. The molecule has 0 aromatic heterocycles. The minimum Gasteiger partial charge on any atom is -0.0764 e. The van der Waals surface area contributed by atoms with E-state index >= 15 is 0 Å². The summed E-state index contributed by atoms with van der Waals surface area (Å²) in [4.78, 5) is 0. The summed E-state index contributed by atoms with van der Waals surface area (Å²) in [6.45, 7) is 4.52. The summed E-state index contributed by atoms with van der Waals surface area (Å²) >= 11 is 0. The van der Waals surface area contributed by atoms with Crippen molar-refractivity contribution in [2.45, 2.75) is 52.4 Å². The fourth-order valence-electron chi connectivity index (χ4n) is 2.90. The Morgan fingerprint density at radius 1 is 0.792 bits per heavy atom. The van der Waals surface area contributed by atoms with E-state index in [9.17, 15) is 0 Å². The van der Waals surface area contributed by atoms with E-state index in [0.717, 1.165) is 12.8 Å². The maximum Gasteiger partial charge on any atom is -0.0184 e. The van der Waals surface area contributed by atoms with Crippen LogP contribution in [0.5, 0.6) is 0 Å². The molecule has 0 saturated heterocycles. The third-order valence-electron chi connectivity index (χ3n) is 4.28. The SMILES string of the molecule is CCCCC=C(C(=Cc1ccccc1)CCCC)c1ccccc1. The second-order valence-corrected chi connectivity index (χ2v) is 6.31. The fourth-order valence-corrected chi connectivity index (χ4v) is 2.90. The summed E-state index contributed by atoms with van der Waals surface area (Å²) in [6, 6.07) is 21.6. The van der Waals surface area contributed by atoms with E-state index < -0.39 is 0 Å². The molecule has 0 fully saturated rings. The highest BCUT2D eigenvalue weighted by atomic mass is 14.1. The third-order valence-corrected chi connectivity index (χ3v) is 4.28. The molecular formula is C24H30. The van der Waals surface area contributed by atoms with Crippen LogP contribution in [0.4, 0.5) is 0 Å². The van der Waals surface area contributed by atoms with Gasteiger partial charge in [0, 0.05) is 0 Å². The summed E-state index contributed by atoms with van der Waals surface area (Å²) in [5.74, 6) is 0. The average molecular weight is 319 g/mol. The van der Waals surface area contributed by atoms with Gasteiger partial charge in [-0.15, -0.1) is 0 Å². The van der Waals surface area contributed by atoms with Gasteiger partial charge in [-0.1, -0.05) is 106 Å². The van der Waals surface area contributed by atoms with Crippen LogP contribution in [0.3, 0.4) is 0 Å². The van der Waals surface area contributed by atoms with Crippen LogP contribution in [0.2, 0.25) is 0 Å². The van der Waals surface area contributed by atoms with Gasteiger partial charge in [0.1, 0.15) is 0 Å². The first-order valence-electron chi connectivity index (χ1n) is 9.36. The van der Waals surface area contributed by atoms with Crippen LogP contribution in [0.15, 0.2) is 72.3 Å². The molecule has 2 aromatic carbocycles. The van der Waals surface area contributed by atoms with Crippen LogP contribution in [0.25, 0.3) is 11.6 Å². The van der Waals surface area contributed by atoms with Gasteiger partial charge >= 0.3 is 0 Å². The van der Waals surface area contributed by atoms with Crippen molar-refractivity contribution < 1.29 is 0 Å². The minimum absolute atomic E-state index is 1.14. The molecule has 0 radical (unpaired) electrons. The van der Waals surface area contributed by atoms with Crippen molar-refractivity contribution in [3.8, 4) is 0 Å². The molecule has 0 aliphatic heterocycles. The van der Waals surface area contributed by atoms with Crippen molar-refractivity contribution >= 4 is 11.6 Å². The fraction of sp³-hybridized carbons (Fsp3) is 0.333. The van der Waals surface area contributed by atoms with Crippen LogP contribution in [0.1, 0.15) is 63.5 Å². The van der Waals surface area contributed by atoms with Crippen molar-refractivity contribution in [1.29, 1.82) is 0 Å². The molecule has 0 nitrogen and oxygen atoms in total. The standard InChI is InChI=1S/C24H30/c1-3-5-9-19-24(22-17-12-8-13-18-22)23(16-6-4-2)20-21-14-10-7-11-15-21/h7-8,10-15,17-20H,3-6,9,16H2,1-2H3. The monoisotopic (exact) mass is 318 g/mol. The van der Waals surface area contributed by atoms with Gasteiger partial charge in [0.2, 0.25) is 0 Å². The lowest BCUT2D eigenvalue weighted by molar-refractivity contribution is 0.798. The Bertz CT molecular complexity index is 632. The number of allylic oxidation sites excluding steroid dienone is 3. The van der Waals surface area contributed by atoms with E-state index in [0.29, 0.717) is 0 Å². The van der Waals surface area contributed by atoms with Crippen molar-refractivity contribution in [2.24, 2.45) is 0 Å². The molecule has 0 unspecified atom stereocenters. The summed E-state index contributed by atoms with van der Waals surface area (Å²) in [7, 11) is 0. The Balaban J connectivity index is 2.40. The smallest absolute Gasteiger partial charge is 0.0184 e. The summed E-state index contributed by atoms with van der Waals surface area (Å²) in [5, 5.41) is 0. The van der Waals surface area contributed by atoms with Gasteiger partial charge in [-0.25, -0.2) is 0 Å². The Labute approximate surface area is 147 Å². The van der Waals surface area contributed by atoms with Crippen molar-refractivity contribution in [1.82, 2.24) is 0 Å². The molecule has 0 spiro atoms. The molecule has 0 bridgehead atoms. The molecule has 126 valence electrons. The van der Waals surface area contributed by atoms with Gasteiger partial charge in [-0.3, -0.25) is 0 Å². The minimum atomic E-state index is 1.14. The Hall–Kier alpha value is -2.08. The topological polar surface area (TPSA) is 0 Å². The molecule has 2 aromatic rings. The van der Waals surface area contributed by atoms with Gasteiger partial charge in [0.25, 0.3) is 0 Å². The lowest BCUT2D eigenvalue weighted by Crippen LogP contribution is -1.92. The number of hydrogen-bond acceptors (Lipinski definition) is 0. The lowest BCUT2D eigenvalue weighted by Gasteiger charge is -2.14. The third kappa shape index (κ3) is 5.85. The highest BCUT2D eigenvalue weighted by Crippen LogP contribution is 2.30. The zero-order valence-corrected chi connectivity index (χ0v) is 15.2. The quantitative estimate of drug-likeness (QED) is 0.331. The highest BCUT2D eigenvalue weighted by molar-refractivity contribution is 5.84. The van der Waals surface area contributed by atoms with Gasteiger partial charge in [-0.05, 0) is 41.5 Å². The number of benzene rings is 2. The van der Waals surface area contributed by atoms with E-state index in [4.69, 9.17) is 0 Å². The molecule has 0 atom stereocenters. The van der Waals surface area contributed by atoms with E-state index in [2.05, 4.69) is 86.7 Å². The summed E-state index contributed by atoms with van der Waals surface area (Å²) in [6.07, 6.45) is 12.1. The number of rotatable bonds is 9. The molecule has 0 saturated carbocycles. The molecule has 0 heterocycles. The van der Waals surface area contributed by atoms with Crippen molar-refractivity contribution in [2.75, 3.05) is 0 Å². The molecule has 0 heteroatoms. The van der Waals surface area contributed by atoms with Crippen LogP contribution in [-0.2, 0) is 0 Å². The molecule has 0 aliphatic carbocycles. The predicted octanol–water partition coefficient (Wildman–Crippen LogP) is 7.53. The number of unbranched alkanes of at least 4 members (excludes halogenated alkanes) is 3. The van der Waals surface area contributed by atoms with Gasteiger partial charge in [-0.2, -0.15) is 0 Å². The molecule has 0 amide bonds. The van der Waals surface area contributed by atoms with Crippen LogP contribution in [-0.4, -0.2) is 0 Å². The van der Waals surface area contributed by atoms with Gasteiger partial charge < -0.3 is 0 Å². The van der Waals surface area contributed by atoms with E-state index in [1.165, 1.54) is 48.0 Å². The summed E-state index contributed by atoms with van der Waals surface area (Å²) < 4.78 is 0. The first-order chi connectivity index (χ1) is 11.8. The van der Waals surface area contributed by atoms with E-state index in [-0.39, 0.29) is 0 Å². The average Bonchev–Trinajstić information content (AvgIpc) is 2.64.